The molecule has 4 heteroatoms. The van der Waals surface area contributed by atoms with Crippen LogP contribution >= 0.6 is 11.8 Å². The van der Waals surface area contributed by atoms with Crippen LogP contribution in [0.4, 0.5) is 11.5 Å². The number of nitrogen functional groups attached to an aromatic ring is 1. The molecule has 1 saturated carbocycles. The maximum atomic E-state index is 5.92. The van der Waals surface area contributed by atoms with Crippen molar-refractivity contribution in [1.29, 1.82) is 0 Å². The number of nitrogens with two attached hydrogens (primary N) is 1. The maximum Gasteiger partial charge on any atom is 0.149 e. The lowest BCUT2D eigenvalue weighted by atomic mass is 10.2. The molecule has 0 aliphatic heterocycles. The molecule has 2 rings (SSSR count). The summed E-state index contributed by atoms with van der Waals surface area (Å²) in [6.45, 7) is 1.99. The first-order valence-corrected chi connectivity index (χ1v) is 7.02. The molecule has 0 spiro atoms. The van der Waals surface area contributed by atoms with Gasteiger partial charge in [-0.15, -0.1) is 0 Å². The van der Waals surface area contributed by atoms with Gasteiger partial charge in [0.05, 0.1) is 5.69 Å². The van der Waals surface area contributed by atoms with E-state index in [1.165, 1.54) is 19.3 Å². The van der Waals surface area contributed by atoms with Gasteiger partial charge in [0.25, 0.3) is 0 Å². The van der Waals surface area contributed by atoms with Crippen LogP contribution in [0.3, 0.4) is 0 Å². The van der Waals surface area contributed by atoms with Crippen molar-refractivity contribution in [2.45, 2.75) is 37.5 Å². The number of pyridine rings is 1. The first-order valence-electron chi connectivity index (χ1n) is 5.73. The summed E-state index contributed by atoms with van der Waals surface area (Å²) in [5.41, 5.74) is 7.68. The highest BCUT2D eigenvalue weighted by Gasteiger charge is 2.26. The van der Waals surface area contributed by atoms with Crippen LogP contribution in [0.2, 0.25) is 0 Å². The SMILES string of the molecule is CSC1CCCC1Nc1nc(C)ccc1N. The standard InChI is InChI=1S/C12H19N3S/c1-8-6-7-9(13)12(14-8)15-10-4-3-5-11(10)16-2/h6-7,10-11H,3-5,13H2,1-2H3,(H,14,15). The number of nitrogens with zero attached hydrogens (tertiary/aromatic N) is 1. The Balaban J connectivity index is 2.11. The molecule has 1 aromatic rings. The van der Waals surface area contributed by atoms with Crippen molar-refractivity contribution in [1.82, 2.24) is 4.98 Å². The van der Waals surface area contributed by atoms with Gasteiger partial charge in [-0.2, -0.15) is 11.8 Å². The third kappa shape index (κ3) is 2.43. The molecule has 3 nitrogen and oxygen atoms in total. The van der Waals surface area contributed by atoms with Crippen LogP contribution in [0.25, 0.3) is 0 Å². The van der Waals surface area contributed by atoms with E-state index in [9.17, 15) is 0 Å². The normalized spacial score (nSPS) is 24.6. The molecule has 2 atom stereocenters. The van der Waals surface area contributed by atoms with Gasteiger partial charge in [0.15, 0.2) is 0 Å². The summed E-state index contributed by atoms with van der Waals surface area (Å²) in [4.78, 5) is 4.46. The summed E-state index contributed by atoms with van der Waals surface area (Å²) in [6, 6.07) is 4.39. The van der Waals surface area contributed by atoms with Gasteiger partial charge in [-0.25, -0.2) is 4.98 Å². The van der Waals surface area contributed by atoms with Crippen LogP contribution in [0.15, 0.2) is 12.1 Å². The van der Waals surface area contributed by atoms with Crippen LogP contribution in [0.1, 0.15) is 25.0 Å². The minimum Gasteiger partial charge on any atom is -0.396 e. The van der Waals surface area contributed by atoms with E-state index in [1.54, 1.807) is 0 Å². The molecule has 1 aliphatic carbocycles. The highest BCUT2D eigenvalue weighted by atomic mass is 32.2. The average Bonchev–Trinajstić information content (AvgIpc) is 2.71. The number of aromatic nitrogens is 1. The van der Waals surface area contributed by atoms with Gasteiger partial charge in [-0.05, 0) is 38.2 Å². The van der Waals surface area contributed by atoms with E-state index in [2.05, 4.69) is 16.6 Å². The zero-order valence-corrected chi connectivity index (χ0v) is 10.7. The minimum absolute atomic E-state index is 0.520. The lowest BCUT2D eigenvalue weighted by molar-refractivity contribution is 0.763. The number of hydrogen-bond donors (Lipinski definition) is 2. The first kappa shape index (κ1) is 11.6. The molecule has 0 bridgehead atoms. The van der Waals surface area contributed by atoms with E-state index in [1.807, 2.05) is 30.8 Å². The van der Waals surface area contributed by atoms with Crippen molar-refractivity contribution in [2.24, 2.45) is 0 Å². The van der Waals surface area contributed by atoms with Crippen molar-refractivity contribution in [2.75, 3.05) is 17.3 Å². The molecule has 2 unspecified atom stereocenters. The molecule has 0 saturated heterocycles. The Kier molecular flexibility index (Phi) is 3.59. The van der Waals surface area contributed by atoms with Crippen molar-refractivity contribution in [3.05, 3.63) is 17.8 Å². The molecular weight excluding hydrogens is 218 g/mol. The zero-order chi connectivity index (χ0) is 11.5. The number of rotatable bonds is 3. The fraction of sp³-hybridized carbons (Fsp3) is 0.583. The molecule has 1 aromatic heterocycles. The molecule has 0 amide bonds. The van der Waals surface area contributed by atoms with Crippen molar-refractivity contribution >= 4 is 23.3 Å². The van der Waals surface area contributed by atoms with Crippen LogP contribution in [-0.4, -0.2) is 22.5 Å². The number of nitrogens with one attached hydrogen (secondary N) is 1. The number of aryl methyl sites for hydroxylation is 1. The van der Waals surface area contributed by atoms with Crippen LogP contribution in [0, 0.1) is 6.92 Å². The summed E-state index contributed by atoms with van der Waals surface area (Å²) in [5.74, 6) is 0.853. The molecule has 0 radical (unpaired) electrons. The van der Waals surface area contributed by atoms with Crippen molar-refractivity contribution < 1.29 is 0 Å². The lowest BCUT2D eigenvalue weighted by Crippen LogP contribution is -2.26. The molecule has 3 N–H and O–H groups in total. The number of hydrogen-bond acceptors (Lipinski definition) is 4. The quantitative estimate of drug-likeness (QED) is 0.848. The second-order valence-corrected chi connectivity index (χ2v) is 5.42. The predicted molar refractivity (Wildman–Crippen MR) is 72.0 cm³/mol. The third-order valence-electron chi connectivity index (χ3n) is 3.14. The van der Waals surface area contributed by atoms with E-state index in [0.717, 1.165) is 17.2 Å². The molecular formula is C12H19N3S. The minimum atomic E-state index is 0.520. The maximum absolute atomic E-state index is 5.92. The molecule has 16 heavy (non-hydrogen) atoms. The van der Waals surface area contributed by atoms with Gasteiger partial charge in [0.2, 0.25) is 0 Å². The summed E-state index contributed by atoms with van der Waals surface area (Å²) in [5, 5.41) is 4.19. The van der Waals surface area contributed by atoms with E-state index in [-0.39, 0.29) is 0 Å². The van der Waals surface area contributed by atoms with Gasteiger partial charge < -0.3 is 11.1 Å². The van der Waals surface area contributed by atoms with Gasteiger partial charge in [0.1, 0.15) is 5.82 Å². The second-order valence-electron chi connectivity index (χ2n) is 4.35. The molecule has 0 aromatic carbocycles. The van der Waals surface area contributed by atoms with E-state index >= 15 is 0 Å². The summed E-state index contributed by atoms with van der Waals surface area (Å²) in [7, 11) is 0. The highest BCUT2D eigenvalue weighted by molar-refractivity contribution is 7.99. The van der Waals surface area contributed by atoms with E-state index < -0.39 is 0 Å². The van der Waals surface area contributed by atoms with Crippen LogP contribution in [0.5, 0.6) is 0 Å². The highest BCUT2D eigenvalue weighted by Crippen LogP contribution is 2.31. The Morgan fingerprint density at radius 1 is 1.44 bits per heavy atom. The second kappa shape index (κ2) is 4.95. The van der Waals surface area contributed by atoms with E-state index in [0.29, 0.717) is 11.3 Å². The Morgan fingerprint density at radius 3 is 3.00 bits per heavy atom. The topological polar surface area (TPSA) is 50.9 Å². The van der Waals surface area contributed by atoms with Gasteiger partial charge in [0, 0.05) is 17.0 Å². The molecule has 1 aliphatic rings. The first-order chi connectivity index (χ1) is 7.70. The van der Waals surface area contributed by atoms with Crippen LogP contribution in [-0.2, 0) is 0 Å². The molecule has 1 fully saturated rings. The van der Waals surface area contributed by atoms with Gasteiger partial charge in [-0.1, -0.05) is 6.42 Å². The largest absolute Gasteiger partial charge is 0.396 e. The predicted octanol–water partition coefficient (Wildman–Crippen LogP) is 2.67. The Morgan fingerprint density at radius 2 is 2.25 bits per heavy atom. The zero-order valence-electron chi connectivity index (χ0n) is 9.86. The summed E-state index contributed by atoms with van der Waals surface area (Å²) >= 11 is 1.94. The van der Waals surface area contributed by atoms with Gasteiger partial charge >= 0.3 is 0 Å². The van der Waals surface area contributed by atoms with Crippen molar-refractivity contribution in [3.63, 3.8) is 0 Å². The van der Waals surface area contributed by atoms with E-state index in [4.69, 9.17) is 5.73 Å². The Bertz CT molecular complexity index is 367. The average molecular weight is 237 g/mol. The molecule has 1 heterocycles. The van der Waals surface area contributed by atoms with Gasteiger partial charge in [-0.3, -0.25) is 0 Å². The fourth-order valence-corrected chi connectivity index (χ4v) is 3.17. The number of anilines is 2. The number of thioether (sulfide) groups is 1. The lowest BCUT2D eigenvalue weighted by Gasteiger charge is -2.20. The van der Waals surface area contributed by atoms with Crippen LogP contribution < -0.4 is 11.1 Å². The van der Waals surface area contributed by atoms with Crippen molar-refractivity contribution in [3.8, 4) is 0 Å². The smallest absolute Gasteiger partial charge is 0.149 e. The third-order valence-corrected chi connectivity index (χ3v) is 4.31. The fourth-order valence-electron chi connectivity index (χ4n) is 2.23. The Hall–Kier alpha value is -0.900. The summed E-state index contributed by atoms with van der Waals surface area (Å²) < 4.78 is 0. The monoisotopic (exact) mass is 237 g/mol. The Labute approximate surface area is 101 Å². The molecule has 88 valence electrons. The summed E-state index contributed by atoms with van der Waals surface area (Å²) in [6.07, 6.45) is 6.00.